The van der Waals surface area contributed by atoms with Crippen molar-refractivity contribution in [3.05, 3.63) is 35.1 Å². The molecular weight excluding hydrogens is 247 g/mol. The first-order valence-electron chi connectivity index (χ1n) is 6.17. The summed E-state index contributed by atoms with van der Waals surface area (Å²) in [5, 5.41) is 11.5. The Hall–Kier alpha value is -1.46. The zero-order valence-electron chi connectivity index (χ0n) is 11.5. The Morgan fingerprint density at radius 3 is 2.58 bits per heavy atom. The van der Waals surface area contributed by atoms with Gasteiger partial charge < -0.3 is 16.2 Å². The van der Waals surface area contributed by atoms with E-state index in [4.69, 9.17) is 10.8 Å². The Morgan fingerprint density at radius 1 is 1.47 bits per heavy atom. The number of halogens is 1. The van der Waals surface area contributed by atoms with Crippen LogP contribution in [0.25, 0.3) is 0 Å². The molecule has 19 heavy (non-hydrogen) atoms. The van der Waals surface area contributed by atoms with Gasteiger partial charge in [0.25, 0.3) is 0 Å². The lowest BCUT2D eigenvalue weighted by molar-refractivity contribution is -0.124. The van der Waals surface area contributed by atoms with E-state index in [2.05, 4.69) is 5.32 Å². The molecule has 0 fully saturated rings. The van der Waals surface area contributed by atoms with Crippen LogP contribution in [0.5, 0.6) is 0 Å². The van der Waals surface area contributed by atoms with E-state index in [0.717, 1.165) is 0 Å². The maximum atomic E-state index is 13.4. The molecule has 0 saturated carbocycles. The fourth-order valence-corrected chi connectivity index (χ4v) is 1.52. The van der Waals surface area contributed by atoms with Gasteiger partial charge >= 0.3 is 0 Å². The van der Waals surface area contributed by atoms with Crippen molar-refractivity contribution in [2.75, 3.05) is 0 Å². The first-order valence-corrected chi connectivity index (χ1v) is 6.17. The maximum absolute atomic E-state index is 13.4. The van der Waals surface area contributed by atoms with E-state index in [0.29, 0.717) is 5.56 Å². The quantitative estimate of drug-likeness (QED) is 0.770. The molecule has 0 unspecified atom stereocenters. The van der Waals surface area contributed by atoms with Crippen LogP contribution in [0, 0.1) is 11.2 Å². The van der Waals surface area contributed by atoms with Crippen LogP contribution in [0.4, 0.5) is 4.39 Å². The Balaban J connectivity index is 2.62. The molecule has 0 aromatic heterocycles. The average Bonchev–Trinajstić information content (AvgIpc) is 2.34. The molecule has 0 aliphatic carbocycles. The third kappa shape index (κ3) is 4.29. The van der Waals surface area contributed by atoms with E-state index in [1.54, 1.807) is 6.07 Å². The van der Waals surface area contributed by atoms with Crippen LogP contribution in [0.2, 0.25) is 0 Å². The molecular formula is C14H21FN2O2. The first kappa shape index (κ1) is 15.6. The summed E-state index contributed by atoms with van der Waals surface area (Å²) in [7, 11) is 0. The number of nitrogens with one attached hydrogen (secondary N) is 1. The number of aliphatic hydroxyl groups is 1. The van der Waals surface area contributed by atoms with E-state index >= 15 is 0 Å². The molecule has 0 aliphatic rings. The Kier molecular flexibility index (Phi) is 5.03. The van der Waals surface area contributed by atoms with Crippen molar-refractivity contribution in [3.8, 4) is 0 Å². The summed E-state index contributed by atoms with van der Waals surface area (Å²) < 4.78 is 13.4. The zero-order chi connectivity index (χ0) is 14.6. The van der Waals surface area contributed by atoms with Gasteiger partial charge in [0.2, 0.25) is 5.91 Å². The SMILES string of the molecule is CC(C)(C)[C@H](N)C(=O)NCc1ccc(CO)c(F)c1. The van der Waals surface area contributed by atoms with E-state index < -0.39 is 11.9 Å². The molecule has 0 aliphatic heterocycles. The number of carbonyl (C=O) groups excluding carboxylic acids is 1. The van der Waals surface area contributed by atoms with Crippen LogP contribution in [-0.4, -0.2) is 17.1 Å². The average molecular weight is 268 g/mol. The van der Waals surface area contributed by atoms with Gasteiger partial charge in [0, 0.05) is 12.1 Å². The predicted octanol–water partition coefficient (Wildman–Crippen LogP) is 1.31. The molecule has 0 heterocycles. The molecule has 0 spiro atoms. The van der Waals surface area contributed by atoms with E-state index in [-0.39, 0.29) is 30.0 Å². The number of aliphatic hydroxyl groups excluding tert-OH is 1. The second-order valence-corrected chi connectivity index (χ2v) is 5.65. The molecule has 0 saturated heterocycles. The summed E-state index contributed by atoms with van der Waals surface area (Å²) in [6, 6.07) is 3.85. The highest BCUT2D eigenvalue weighted by atomic mass is 19.1. The monoisotopic (exact) mass is 268 g/mol. The second kappa shape index (κ2) is 6.12. The molecule has 1 amide bonds. The zero-order valence-corrected chi connectivity index (χ0v) is 11.5. The van der Waals surface area contributed by atoms with Gasteiger partial charge in [-0.2, -0.15) is 0 Å². The van der Waals surface area contributed by atoms with Gasteiger partial charge in [0.15, 0.2) is 0 Å². The van der Waals surface area contributed by atoms with Crippen LogP contribution in [-0.2, 0) is 17.9 Å². The van der Waals surface area contributed by atoms with E-state index in [9.17, 15) is 9.18 Å². The van der Waals surface area contributed by atoms with Gasteiger partial charge in [-0.1, -0.05) is 32.9 Å². The van der Waals surface area contributed by atoms with Crippen LogP contribution < -0.4 is 11.1 Å². The Bertz CT molecular complexity index is 455. The van der Waals surface area contributed by atoms with Crippen molar-refractivity contribution in [2.45, 2.75) is 40.0 Å². The minimum Gasteiger partial charge on any atom is -0.392 e. The standard InChI is InChI=1S/C14H21FN2O2/c1-14(2,3)12(16)13(19)17-7-9-4-5-10(8-18)11(15)6-9/h4-6,12,18H,7-8,16H2,1-3H3,(H,17,19)/t12-/m1/s1. The fourth-order valence-electron chi connectivity index (χ4n) is 1.52. The lowest BCUT2D eigenvalue weighted by Gasteiger charge is -2.25. The van der Waals surface area contributed by atoms with Crippen LogP contribution >= 0.6 is 0 Å². The lowest BCUT2D eigenvalue weighted by Crippen LogP contribution is -2.48. The minimum absolute atomic E-state index is 0.214. The van der Waals surface area contributed by atoms with Gasteiger partial charge in [-0.3, -0.25) is 4.79 Å². The van der Waals surface area contributed by atoms with Crippen LogP contribution in [0.3, 0.4) is 0 Å². The third-order valence-electron chi connectivity index (χ3n) is 2.97. The lowest BCUT2D eigenvalue weighted by atomic mass is 9.87. The van der Waals surface area contributed by atoms with Gasteiger partial charge in [-0.05, 0) is 17.0 Å². The first-order chi connectivity index (χ1) is 8.75. The topological polar surface area (TPSA) is 75.4 Å². The van der Waals surface area contributed by atoms with Crippen molar-refractivity contribution < 1.29 is 14.3 Å². The highest BCUT2D eigenvalue weighted by Gasteiger charge is 2.27. The number of amides is 1. The smallest absolute Gasteiger partial charge is 0.237 e. The Morgan fingerprint density at radius 2 is 2.11 bits per heavy atom. The van der Waals surface area contributed by atoms with Crippen LogP contribution in [0.1, 0.15) is 31.9 Å². The van der Waals surface area contributed by atoms with Gasteiger partial charge in [0.1, 0.15) is 5.82 Å². The molecule has 1 aromatic carbocycles. The molecule has 1 atom stereocenters. The number of rotatable bonds is 4. The van der Waals surface area contributed by atoms with Crippen molar-refractivity contribution in [3.63, 3.8) is 0 Å². The van der Waals surface area contributed by atoms with Gasteiger partial charge in [-0.25, -0.2) is 4.39 Å². The minimum atomic E-state index is -0.617. The largest absolute Gasteiger partial charge is 0.392 e. The summed E-state index contributed by atoms with van der Waals surface area (Å²) in [6.45, 7) is 5.52. The highest BCUT2D eigenvalue weighted by molar-refractivity contribution is 5.82. The number of benzene rings is 1. The summed E-state index contributed by atoms with van der Waals surface area (Å²) >= 11 is 0. The maximum Gasteiger partial charge on any atom is 0.237 e. The molecule has 0 bridgehead atoms. The number of hydrogen-bond acceptors (Lipinski definition) is 3. The number of carbonyl (C=O) groups is 1. The van der Waals surface area contributed by atoms with Crippen LogP contribution in [0.15, 0.2) is 18.2 Å². The molecule has 0 radical (unpaired) electrons. The van der Waals surface area contributed by atoms with Crippen molar-refractivity contribution >= 4 is 5.91 Å². The third-order valence-corrected chi connectivity index (χ3v) is 2.97. The highest BCUT2D eigenvalue weighted by Crippen LogP contribution is 2.17. The molecule has 4 N–H and O–H groups in total. The molecule has 5 heteroatoms. The second-order valence-electron chi connectivity index (χ2n) is 5.65. The summed E-state index contributed by atoms with van der Waals surface area (Å²) in [4.78, 5) is 11.8. The van der Waals surface area contributed by atoms with E-state index in [1.807, 2.05) is 20.8 Å². The summed E-state index contributed by atoms with van der Waals surface area (Å²) in [5.41, 5.74) is 6.36. The summed E-state index contributed by atoms with van der Waals surface area (Å²) in [6.07, 6.45) is 0. The van der Waals surface area contributed by atoms with Crippen molar-refractivity contribution in [1.82, 2.24) is 5.32 Å². The Labute approximate surface area is 112 Å². The number of nitrogens with two attached hydrogens (primary N) is 1. The predicted molar refractivity (Wildman–Crippen MR) is 71.6 cm³/mol. The molecule has 1 aromatic rings. The normalized spacial score (nSPS) is 13.2. The molecule has 4 nitrogen and oxygen atoms in total. The fraction of sp³-hybridized carbons (Fsp3) is 0.500. The van der Waals surface area contributed by atoms with Crippen molar-refractivity contribution in [1.29, 1.82) is 0 Å². The molecule has 106 valence electrons. The number of hydrogen-bond donors (Lipinski definition) is 3. The van der Waals surface area contributed by atoms with Crippen molar-refractivity contribution in [2.24, 2.45) is 11.1 Å². The van der Waals surface area contributed by atoms with Gasteiger partial charge in [0.05, 0.1) is 12.6 Å². The summed E-state index contributed by atoms with van der Waals surface area (Å²) in [5.74, 6) is -0.742. The van der Waals surface area contributed by atoms with E-state index in [1.165, 1.54) is 12.1 Å². The molecule has 1 rings (SSSR count). The van der Waals surface area contributed by atoms with Gasteiger partial charge in [-0.15, -0.1) is 0 Å².